The molecule has 0 fully saturated rings. The highest BCUT2D eigenvalue weighted by molar-refractivity contribution is 6.34. The monoisotopic (exact) mass is 412 g/mol. The average molecular weight is 413 g/mol. The van der Waals surface area contributed by atoms with Crippen LogP contribution in [0.4, 0.5) is 22.0 Å². The molecule has 2 aromatic heterocycles. The van der Waals surface area contributed by atoms with E-state index < -0.39 is 11.9 Å². The SMILES string of the molecule is COc1cc(NC(=O)c2ccco2)c(Cl)cc1NC(=O)Nc1cnc(C#N)cn1. The van der Waals surface area contributed by atoms with Crippen molar-refractivity contribution in [3.05, 3.63) is 59.4 Å². The van der Waals surface area contributed by atoms with Gasteiger partial charge in [-0.2, -0.15) is 5.26 Å². The molecule has 3 N–H and O–H groups in total. The van der Waals surface area contributed by atoms with Gasteiger partial charge in [0.05, 0.1) is 42.2 Å². The molecule has 0 atom stereocenters. The van der Waals surface area contributed by atoms with Gasteiger partial charge in [0.1, 0.15) is 11.8 Å². The van der Waals surface area contributed by atoms with Gasteiger partial charge < -0.3 is 19.8 Å². The number of ether oxygens (including phenoxy) is 1. The van der Waals surface area contributed by atoms with Crippen LogP contribution >= 0.6 is 11.6 Å². The lowest BCUT2D eigenvalue weighted by Crippen LogP contribution is -2.21. The third-order valence-corrected chi connectivity index (χ3v) is 3.85. The van der Waals surface area contributed by atoms with Crippen LogP contribution in [0.25, 0.3) is 0 Å². The molecule has 0 spiro atoms. The summed E-state index contributed by atoms with van der Waals surface area (Å²) in [5.74, 6) is 0.0287. The minimum atomic E-state index is -0.634. The van der Waals surface area contributed by atoms with E-state index in [1.54, 1.807) is 6.07 Å². The summed E-state index contributed by atoms with van der Waals surface area (Å²) < 4.78 is 10.3. The molecule has 0 aliphatic heterocycles. The summed E-state index contributed by atoms with van der Waals surface area (Å²) in [6.07, 6.45) is 3.85. The molecule has 2 heterocycles. The molecule has 0 bridgehead atoms. The highest BCUT2D eigenvalue weighted by Gasteiger charge is 2.16. The predicted molar refractivity (Wildman–Crippen MR) is 104 cm³/mol. The lowest BCUT2D eigenvalue weighted by Gasteiger charge is -2.14. The second-order valence-electron chi connectivity index (χ2n) is 5.44. The summed E-state index contributed by atoms with van der Waals surface area (Å²) in [5.41, 5.74) is 0.651. The topological polar surface area (TPSA) is 142 Å². The molecule has 0 aliphatic carbocycles. The number of carbonyl (C=O) groups excluding carboxylic acids is 2. The summed E-state index contributed by atoms with van der Waals surface area (Å²) in [7, 11) is 1.40. The quantitative estimate of drug-likeness (QED) is 0.581. The zero-order chi connectivity index (χ0) is 20.8. The number of nitrogens with one attached hydrogen (secondary N) is 3. The smallest absolute Gasteiger partial charge is 0.325 e. The fourth-order valence-electron chi connectivity index (χ4n) is 2.23. The Labute approximate surface area is 169 Å². The molecule has 0 unspecified atom stereocenters. The highest BCUT2D eigenvalue weighted by Crippen LogP contribution is 2.35. The molecule has 1 aromatic carbocycles. The van der Waals surface area contributed by atoms with Gasteiger partial charge in [0, 0.05) is 6.07 Å². The number of amides is 3. The first-order valence-corrected chi connectivity index (χ1v) is 8.40. The van der Waals surface area contributed by atoms with Crippen LogP contribution in [0.5, 0.6) is 5.75 Å². The van der Waals surface area contributed by atoms with E-state index in [2.05, 4.69) is 25.9 Å². The second-order valence-corrected chi connectivity index (χ2v) is 5.85. The Kier molecular flexibility index (Phi) is 5.91. The molecule has 29 heavy (non-hydrogen) atoms. The van der Waals surface area contributed by atoms with Crippen molar-refractivity contribution in [3.8, 4) is 11.8 Å². The summed E-state index contributed by atoms with van der Waals surface area (Å²) >= 11 is 6.22. The van der Waals surface area contributed by atoms with E-state index in [0.29, 0.717) is 0 Å². The summed E-state index contributed by atoms with van der Waals surface area (Å²) in [6.45, 7) is 0. The number of halogens is 1. The van der Waals surface area contributed by atoms with Crippen LogP contribution in [0.1, 0.15) is 16.2 Å². The number of aromatic nitrogens is 2. The lowest BCUT2D eigenvalue weighted by molar-refractivity contribution is 0.0996. The number of nitriles is 1. The van der Waals surface area contributed by atoms with Crippen molar-refractivity contribution in [2.45, 2.75) is 0 Å². The molecule has 0 radical (unpaired) electrons. The number of urea groups is 1. The maximum Gasteiger partial charge on any atom is 0.325 e. The molecule has 3 rings (SSSR count). The molecule has 146 valence electrons. The van der Waals surface area contributed by atoms with Gasteiger partial charge in [0.2, 0.25) is 0 Å². The number of furan rings is 1. The first-order valence-electron chi connectivity index (χ1n) is 8.02. The van der Waals surface area contributed by atoms with Gasteiger partial charge in [-0.25, -0.2) is 14.8 Å². The van der Waals surface area contributed by atoms with Crippen LogP contribution in [-0.4, -0.2) is 29.0 Å². The predicted octanol–water partition coefficient (Wildman–Crippen LogP) is 3.50. The standard InChI is InChI=1S/C18H13ClN6O4/c1-28-15-6-12(23-17(26)14-3-2-4-29-14)11(19)5-13(15)24-18(27)25-16-9-21-10(7-20)8-22-16/h2-6,8-9H,1H3,(H,23,26)(H2,22,24,25,27). The van der Waals surface area contributed by atoms with E-state index in [-0.39, 0.29) is 39.4 Å². The number of benzene rings is 1. The van der Waals surface area contributed by atoms with Gasteiger partial charge in [-0.1, -0.05) is 11.6 Å². The number of hydrogen-bond acceptors (Lipinski definition) is 7. The Hall–Kier alpha value is -4.10. The van der Waals surface area contributed by atoms with Crippen LogP contribution < -0.4 is 20.7 Å². The molecule has 0 saturated carbocycles. The maximum atomic E-state index is 12.2. The van der Waals surface area contributed by atoms with Crippen molar-refractivity contribution in [2.24, 2.45) is 0 Å². The summed E-state index contributed by atoms with van der Waals surface area (Å²) in [4.78, 5) is 32.0. The van der Waals surface area contributed by atoms with E-state index in [1.165, 1.54) is 44.0 Å². The van der Waals surface area contributed by atoms with Crippen molar-refractivity contribution >= 4 is 40.7 Å². The van der Waals surface area contributed by atoms with Gasteiger partial charge in [-0.15, -0.1) is 0 Å². The van der Waals surface area contributed by atoms with Crippen LogP contribution in [0.3, 0.4) is 0 Å². The molecule has 0 aliphatic rings. The third kappa shape index (κ3) is 4.79. The minimum absolute atomic E-state index is 0.116. The normalized spacial score (nSPS) is 9.97. The fraction of sp³-hybridized carbons (Fsp3) is 0.0556. The van der Waals surface area contributed by atoms with Crippen molar-refractivity contribution < 1.29 is 18.7 Å². The molecule has 3 amide bonds. The van der Waals surface area contributed by atoms with E-state index in [1.807, 2.05) is 6.07 Å². The number of carbonyl (C=O) groups is 2. The Morgan fingerprint density at radius 3 is 2.62 bits per heavy atom. The Balaban J connectivity index is 1.73. The highest BCUT2D eigenvalue weighted by atomic mass is 35.5. The average Bonchev–Trinajstić information content (AvgIpc) is 3.25. The first-order chi connectivity index (χ1) is 14.0. The van der Waals surface area contributed by atoms with Gasteiger partial charge in [-0.3, -0.25) is 10.1 Å². The molecular weight excluding hydrogens is 400 g/mol. The number of rotatable bonds is 5. The maximum absolute atomic E-state index is 12.2. The van der Waals surface area contributed by atoms with Crippen molar-refractivity contribution in [1.82, 2.24) is 9.97 Å². The number of nitrogens with zero attached hydrogens (tertiary/aromatic N) is 3. The second kappa shape index (κ2) is 8.73. The van der Waals surface area contributed by atoms with Crippen molar-refractivity contribution in [1.29, 1.82) is 5.26 Å². The van der Waals surface area contributed by atoms with Gasteiger partial charge >= 0.3 is 6.03 Å². The van der Waals surface area contributed by atoms with Gasteiger partial charge in [-0.05, 0) is 18.2 Å². The molecule has 3 aromatic rings. The first kappa shape index (κ1) is 19.7. The zero-order valence-electron chi connectivity index (χ0n) is 14.9. The Bertz CT molecular complexity index is 1080. The Morgan fingerprint density at radius 1 is 1.17 bits per heavy atom. The number of methoxy groups -OCH3 is 1. The van der Waals surface area contributed by atoms with Gasteiger partial charge in [0.15, 0.2) is 17.3 Å². The third-order valence-electron chi connectivity index (χ3n) is 3.54. The molecule has 0 saturated heterocycles. The lowest BCUT2D eigenvalue weighted by atomic mass is 10.2. The number of hydrogen-bond donors (Lipinski definition) is 3. The van der Waals surface area contributed by atoms with Crippen LogP contribution in [0.15, 0.2) is 47.3 Å². The summed E-state index contributed by atoms with van der Waals surface area (Å²) in [6, 6.07) is 7.16. The number of anilines is 3. The largest absolute Gasteiger partial charge is 0.494 e. The van der Waals surface area contributed by atoms with Gasteiger partial charge in [0.25, 0.3) is 5.91 Å². The van der Waals surface area contributed by atoms with E-state index in [4.69, 9.17) is 26.0 Å². The molecule has 11 heteroatoms. The van der Waals surface area contributed by atoms with E-state index in [0.717, 1.165) is 0 Å². The fourth-order valence-corrected chi connectivity index (χ4v) is 2.44. The van der Waals surface area contributed by atoms with Crippen LogP contribution in [0, 0.1) is 11.3 Å². The van der Waals surface area contributed by atoms with E-state index in [9.17, 15) is 9.59 Å². The molecule has 10 nitrogen and oxygen atoms in total. The van der Waals surface area contributed by atoms with Crippen molar-refractivity contribution in [2.75, 3.05) is 23.1 Å². The zero-order valence-corrected chi connectivity index (χ0v) is 15.6. The summed E-state index contributed by atoms with van der Waals surface area (Å²) in [5, 5.41) is 16.5. The Morgan fingerprint density at radius 2 is 2.00 bits per heavy atom. The van der Waals surface area contributed by atoms with E-state index >= 15 is 0 Å². The van der Waals surface area contributed by atoms with Crippen LogP contribution in [0.2, 0.25) is 5.02 Å². The molecular formula is C18H13ClN6O4. The minimum Gasteiger partial charge on any atom is -0.494 e. The van der Waals surface area contributed by atoms with Crippen molar-refractivity contribution in [3.63, 3.8) is 0 Å². The van der Waals surface area contributed by atoms with Crippen LogP contribution in [-0.2, 0) is 0 Å².